The molecule has 1 aliphatic rings. The number of hydrogen-bond acceptors (Lipinski definition) is 3. The quantitative estimate of drug-likeness (QED) is 0.916. The maximum Gasteiger partial charge on any atom is 0.246 e. The molecule has 0 bridgehead atoms. The average Bonchev–Trinajstić information content (AvgIpc) is 2.52. The molecular weight excluding hydrogens is 290 g/mol. The Kier molecular flexibility index (Phi) is 4.02. The number of carbonyl (C=O) groups excluding carboxylic acids is 2. The molecule has 0 saturated carbocycles. The van der Waals surface area contributed by atoms with Gasteiger partial charge in [-0.1, -0.05) is 23.8 Å². The highest BCUT2D eigenvalue weighted by atomic mass is 16.2. The predicted octanol–water partition coefficient (Wildman–Crippen LogP) is 2.70. The third-order valence-electron chi connectivity index (χ3n) is 3.81. The van der Waals surface area contributed by atoms with Gasteiger partial charge in [0.15, 0.2) is 0 Å². The molecule has 0 saturated heterocycles. The summed E-state index contributed by atoms with van der Waals surface area (Å²) < 4.78 is 0. The zero-order chi connectivity index (χ0) is 16.4. The van der Waals surface area contributed by atoms with Crippen molar-refractivity contribution in [1.82, 2.24) is 0 Å². The first-order valence-corrected chi connectivity index (χ1v) is 7.54. The Morgan fingerprint density at radius 1 is 1.13 bits per heavy atom. The van der Waals surface area contributed by atoms with E-state index in [1.54, 1.807) is 0 Å². The van der Waals surface area contributed by atoms with Crippen molar-refractivity contribution in [2.45, 2.75) is 13.8 Å². The maximum atomic E-state index is 12.3. The molecule has 0 atom stereocenters. The SMILES string of the molecule is Cc1ccc(NC(=O)CN2C(=O)CNc3cc(C)ccc32)cc1. The van der Waals surface area contributed by atoms with Gasteiger partial charge in [0.1, 0.15) is 6.54 Å². The number of carbonyl (C=O) groups is 2. The molecule has 2 amide bonds. The van der Waals surface area contributed by atoms with Crippen molar-refractivity contribution in [3.05, 3.63) is 53.6 Å². The van der Waals surface area contributed by atoms with Crippen molar-refractivity contribution in [2.24, 2.45) is 0 Å². The second kappa shape index (κ2) is 6.12. The van der Waals surface area contributed by atoms with Crippen molar-refractivity contribution >= 4 is 28.9 Å². The van der Waals surface area contributed by atoms with E-state index in [9.17, 15) is 9.59 Å². The highest BCUT2D eigenvalue weighted by Crippen LogP contribution is 2.30. The van der Waals surface area contributed by atoms with Gasteiger partial charge in [0, 0.05) is 5.69 Å². The number of amides is 2. The Hall–Kier alpha value is -2.82. The van der Waals surface area contributed by atoms with Gasteiger partial charge >= 0.3 is 0 Å². The molecular formula is C18H19N3O2. The Balaban J connectivity index is 1.75. The van der Waals surface area contributed by atoms with Gasteiger partial charge in [-0.2, -0.15) is 0 Å². The minimum absolute atomic E-state index is 0.00442. The van der Waals surface area contributed by atoms with Crippen LogP contribution in [0.2, 0.25) is 0 Å². The largest absolute Gasteiger partial charge is 0.374 e. The van der Waals surface area contributed by atoms with E-state index in [4.69, 9.17) is 0 Å². The molecule has 1 heterocycles. The summed E-state index contributed by atoms with van der Waals surface area (Å²) in [7, 11) is 0. The number of hydrogen-bond donors (Lipinski definition) is 2. The molecule has 5 nitrogen and oxygen atoms in total. The van der Waals surface area contributed by atoms with Crippen molar-refractivity contribution in [1.29, 1.82) is 0 Å². The summed E-state index contributed by atoms with van der Waals surface area (Å²) in [5, 5.41) is 5.92. The summed E-state index contributed by atoms with van der Waals surface area (Å²) in [6.45, 7) is 4.19. The molecule has 1 aliphatic heterocycles. The van der Waals surface area contributed by atoms with Crippen LogP contribution < -0.4 is 15.5 Å². The molecule has 0 spiro atoms. The number of nitrogens with zero attached hydrogens (tertiary/aromatic N) is 1. The van der Waals surface area contributed by atoms with Gasteiger partial charge in [0.2, 0.25) is 11.8 Å². The van der Waals surface area contributed by atoms with Gasteiger partial charge in [-0.15, -0.1) is 0 Å². The van der Waals surface area contributed by atoms with Crippen LogP contribution in [0.4, 0.5) is 17.1 Å². The fourth-order valence-electron chi connectivity index (χ4n) is 2.58. The summed E-state index contributed by atoms with van der Waals surface area (Å²) in [4.78, 5) is 25.9. The molecule has 0 unspecified atom stereocenters. The lowest BCUT2D eigenvalue weighted by molar-refractivity contribution is -0.120. The molecule has 118 valence electrons. The van der Waals surface area contributed by atoms with Gasteiger partial charge in [-0.25, -0.2) is 0 Å². The van der Waals surface area contributed by atoms with E-state index in [1.807, 2.05) is 56.3 Å². The summed E-state index contributed by atoms with van der Waals surface area (Å²) in [5.41, 5.74) is 4.59. The van der Waals surface area contributed by atoms with Crippen LogP contribution in [-0.2, 0) is 9.59 Å². The van der Waals surface area contributed by atoms with Gasteiger partial charge in [-0.05, 0) is 43.7 Å². The van der Waals surface area contributed by atoms with E-state index < -0.39 is 0 Å². The minimum Gasteiger partial charge on any atom is -0.374 e. The molecule has 0 fully saturated rings. The van der Waals surface area contributed by atoms with Crippen LogP contribution in [0, 0.1) is 13.8 Å². The van der Waals surface area contributed by atoms with E-state index in [2.05, 4.69) is 10.6 Å². The lowest BCUT2D eigenvalue weighted by Gasteiger charge is -2.30. The monoisotopic (exact) mass is 309 g/mol. The zero-order valence-corrected chi connectivity index (χ0v) is 13.2. The Morgan fingerprint density at radius 3 is 2.57 bits per heavy atom. The van der Waals surface area contributed by atoms with E-state index in [0.29, 0.717) is 0 Å². The Bertz CT molecular complexity index is 753. The molecule has 2 aromatic rings. The summed E-state index contributed by atoms with van der Waals surface area (Å²) in [6, 6.07) is 13.4. The zero-order valence-electron chi connectivity index (χ0n) is 13.2. The first kappa shape index (κ1) is 15.1. The first-order valence-electron chi connectivity index (χ1n) is 7.54. The van der Waals surface area contributed by atoms with Crippen LogP contribution in [-0.4, -0.2) is 24.9 Å². The van der Waals surface area contributed by atoms with Crippen LogP contribution in [0.15, 0.2) is 42.5 Å². The van der Waals surface area contributed by atoms with E-state index in [0.717, 1.165) is 28.2 Å². The molecule has 23 heavy (non-hydrogen) atoms. The summed E-state index contributed by atoms with van der Waals surface area (Å²) in [5.74, 6) is -0.323. The Labute approximate surface area is 135 Å². The highest BCUT2D eigenvalue weighted by Gasteiger charge is 2.25. The smallest absolute Gasteiger partial charge is 0.246 e. The topological polar surface area (TPSA) is 61.4 Å². The number of anilines is 3. The third-order valence-corrected chi connectivity index (χ3v) is 3.81. The minimum atomic E-state index is -0.212. The molecule has 0 aliphatic carbocycles. The van der Waals surface area contributed by atoms with Crippen LogP contribution in [0.5, 0.6) is 0 Å². The lowest BCUT2D eigenvalue weighted by atomic mass is 10.1. The number of rotatable bonds is 3. The van der Waals surface area contributed by atoms with Crippen LogP contribution in [0.1, 0.15) is 11.1 Å². The molecule has 0 radical (unpaired) electrons. The van der Waals surface area contributed by atoms with Crippen LogP contribution >= 0.6 is 0 Å². The van der Waals surface area contributed by atoms with E-state index >= 15 is 0 Å². The standard InChI is InChI=1S/C18H19N3O2/c1-12-3-6-14(7-4-12)20-17(22)11-21-16-8-5-13(2)9-15(16)19-10-18(21)23/h3-9,19H,10-11H2,1-2H3,(H,20,22). The van der Waals surface area contributed by atoms with Crippen molar-refractivity contribution < 1.29 is 9.59 Å². The fourth-order valence-corrected chi connectivity index (χ4v) is 2.58. The number of aryl methyl sites for hydroxylation is 2. The second-order valence-corrected chi connectivity index (χ2v) is 5.77. The van der Waals surface area contributed by atoms with E-state index in [-0.39, 0.29) is 24.9 Å². The van der Waals surface area contributed by atoms with Gasteiger partial charge in [0.05, 0.1) is 17.9 Å². The molecule has 2 N–H and O–H groups in total. The van der Waals surface area contributed by atoms with Crippen molar-refractivity contribution in [3.8, 4) is 0 Å². The fraction of sp³-hybridized carbons (Fsp3) is 0.222. The molecule has 0 aromatic heterocycles. The van der Waals surface area contributed by atoms with Gasteiger partial charge in [0.25, 0.3) is 0 Å². The summed E-state index contributed by atoms with van der Waals surface area (Å²) >= 11 is 0. The van der Waals surface area contributed by atoms with Crippen molar-refractivity contribution in [2.75, 3.05) is 28.6 Å². The predicted molar refractivity (Wildman–Crippen MR) is 91.8 cm³/mol. The third kappa shape index (κ3) is 3.34. The number of nitrogens with one attached hydrogen (secondary N) is 2. The maximum absolute atomic E-state index is 12.3. The molecule has 3 rings (SSSR count). The van der Waals surface area contributed by atoms with Crippen molar-refractivity contribution in [3.63, 3.8) is 0 Å². The highest BCUT2D eigenvalue weighted by molar-refractivity contribution is 6.07. The summed E-state index contributed by atoms with van der Waals surface area (Å²) in [6.07, 6.45) is 0. The molecule has 5 heteroatoms. The first-order chi connectivity index (χ1) is 11.0. The average molecular weight is 309 g/mol. The van der Waals surface area contributed by atoms with Crippen LogP contribution in [0.3, 0.4) is 0 Å². The number of benzene rings is 2. The lowest BCUT2D eigenvalue weighted by Crippen LogP contribution is -2.44. The second-order valence-electron chi connectivity index (χ2n) is 5.77. The Morgan fingerprint density at radius 2 is 1.83 bits per heavy atom. The molecule has 2 aromatic carbocycles. The normalized spacial score (nSPS) is 13.3. The van der Waals surface area contributed by atoms with E-state index in [1.165, 1.54) is 4.90 Å². The van der Waals surface area contributed by atoms with Gasteiger partial charge in [-0.3, -0.25) is 14.5 Å². The van der Waals surface area contributed by atoms with Crippen LogP contribution in [0.25, 0.3) is 0 Å². The number of fused-ring (bicyclic) bond motifs is 1. The van der Waals surface area contributed by atoms with Gasteiger partial charge < -0.3 is 10.6 Å².